The number of aldehydes is 1. The fourth-order valence-corrected chi connectivity index (χ4v) is 1.88. The Labute approximate surface area is 90.4 Å². The van der Waals surface area contributed by atoms with Gasteiger partial charge in [0.1, 0.15) is 12.1 Å². The van der Waals surface area contributed by atoms with Gasteiger partial charge in [0.05, 0.1) is 11.2 Å². The van der Waals surface area contributed by atoms with Crippen LogP contribution in [0.5, 0.6) is 0 Å². The minimum atomic E-state index is -0.354. The van der Waals surface area contributed by atoms with Crippen LogP contribution in [0.3, 0.4) is 0 Å². The van der Waals surface area contributed by atoms with Gasteiger partial charge in [-0.05, 0) is 11.6 Å². The van der Waals surface area contributed by atoms with Gasteiger partial charge in [-0.25, -0.2) is 9.37 Å². The van der Waals surface area contributed by atoms with Crippen molar-refractivity contribution in [2.24, 2.45) is 0 Å². The lowest BCUT2D eigenvalue weighted by atomic mass is 10.1. The molecule has 4 heteroatoms. The SMILES string of the molecule is O=CCc1ccc(-c2cscn2)cc1F. The van der Waals surface area contributed by atoms with Gasteiger partial charge in [0.2, 0.25) is 0 Å². The molecule has 0 unspecified atom stereocenters. The Morgan fingerprint density at radius 2 is 2.33 bits per heavy atom. The van der Waals surface area contributed by atoms with E-state index in [9.17, 15) is 9.18 Å². The number of aromatic nitrogens is 1. The summed E-state index contributed by atoms with van der Waals surface area (Å²) in [5.41, 5.74) is 3.62. The summed E-state index contributed by atoms with van der Waals surface area (Å²) in [6.07, 6.45) is 0.810. The van der Waals surface area contributed by atoms with E-state index >= 15 is 0 Å². The van der Waals surface area contributed by atoms with Crippen molar-refractivity contribution in [3.63, 3.8) is 0 Å². The van der Waals surface area contributed by atoms with Gasteiger partial charge in [0.15, 0.2) is 0 Å². The molecule has 0 spiro atoms. The first-order chi connectivity index (χ1) is 7.31. The lowest BCUT2D eigenvalue weighted by molar-refractivity contribution is -0.107. The Morgan fingerprint density at radius 3 is 2.93 bits per heavy atom. The molecule has 0 bridgehead atoms. The fraction of sp³-hybridized carbons (Fsp3) is 0.0909. The van der Waals surface area contributed by atoms with E-state index in [1.54, 1.807) is 17.6 Å². The third kappa shape index (κ3) is 2.10. The van der Waals surface area contributed by atoms with Crippen LogP contribution in [-0.4, -0.2) is 11.3 Å². The van der Waals surface area contributed by atoms with Gasteiger partial charge in [-0.2, -0.15) is 0 Å². The highest BCUT2D eigenvalue weighted by Gasteiger charge is 2.05. The van der Waals surface area contributed by atoms with Crippen LogP contribution in [-0.2, 0) is 11.2 Å². The zero-order valence-electron chi connectivity index (χ0n) is 7.81. The van der Waals surface area contributed by atoms with Crippen LogP contribution in [0.4, 0.5) is 4.39 Å². The van der Waals surface area contributed by atoms with Gasteiger partial charge in [-0.15, -0.1) is 11.3 Å². The van der Waals surface area contributed by atoms with Crippen LogP contribution in [0.25, 0.3) is 11.3 Å². The van der Waals surface area contributed by atoms with E-state index < -0.39 is 0 Å². The number of thiazole rings is 1. The van der Waals surface area contributed by atoms with Gasteiger partial charge in [-0.3, -0.25) is 0 Å². The summed E-state index contributed by atoms with van der Waals surface area (Å²) in [7, 11) is 0. The van der Waals surface area contributed by atoms with Crippen molar-refractivity contribution >= 4 is 17.6 Å². The molecule has 0 fully saturated rings. The molecule has 0 aliphatic rings. The quantitative estimate of drug-likeness (QED) is 0.746. The third-order valence-corrected chi connectivity index (χ3v) is 2.67. The number of benzene rings is 1. The Hall–Kier alpha value is -1.55. The maximum atomic E-state index is 13.4. The van der Waals surface area contributed by atoms with Crippen molar-refractivity contribution in [3.8, 4) is 11.3 Å². The lowest BCUT2D eigenvalue weighted by Crippen LogP contribution is -1.92. The molecule has 0 radical (unpaired) electrons. The van der Waals surface area contributed by atoms with E-state index in [1.807, 2.05) is 5.38 Å². The maximum Gasteiger partial charge on any atom is 0.127 e. The highest BCUT2D eigenvalue weighted by Crippen LogP contribution is 2.21. The summed E-state index contributed by atoms with van der Waals surface area (Å²) in [5, 5.41) is 1.86. The van der Waals surface area contributed by atoms with Crippen molar-refractivity contribution < 1.29 is 9.18 Å². The molecular weight excluding hydrogens is 213 g/mol. The molecule has 0 amide bonds. The summed E-state index contributed by atoms with van der Waals surface area (Å²) in [6.45, 7) is 0. The Balaban J connectivity index is 2.37. The summed E-state index contributed by atoms with van der Waals surface area (Å²) in [4.78, 5) is 14.3. The minimum absolute atomic E-state index is 0.114. The molecule has 2 nitrogen and oxygen atoms in total. The zero-order chi connectivity index (χ0) is 10.7. The molecule has 1 heterocycles. The van der Waals surface area contributed by atoms with Gasteiger partial charge in [-0.1, -0.05) is 12.1 Å². The van der Waals surface area contributed by atoms with Crippen molar-refractivity contribution in [3.05, 3.63) is 40.5 Å². The highest BCUT2D eigenvalue weighted by molar-refractivity contribution is 7.07. The monoisotopic (exact) mass is 221 g/mol. The van der Waals surface area contributed by atoms with Crippen molar-refractivity contribution in [2.45, 2.75) is 6.42 Å². The third-order valence-electron chi connectivity index (χ3n) is 2.08. The summed E-state index contributed by atoms with van der Waals surface area (Å²) in [5.74, 6) is -0.354. The van der Waals surface area contributed by atoms with E-state index in [0.717, 1.165) is 11.3 Å². The van der Waals surface area contributed by atoms with Gasteiger partial charge >= 0.3 is 0 Å². The second-order valence-corrected chi connectivity index (χ2v) is 3.77. The second-order valence-electron chi connectivity index (χ2n) is 3.05. The number of carbonyl (C=O) groups is 1. The zero-order valence-corrected chi connectivity index (χ0v) is 8.63. The van der Waals surface area contributed by atoms with E-state index in [1.165, 1.54) is 17.4 Å². The van der Waals surface area contributed by atoms with Crippen LogP contribution < -0.4 is 0 Å². The molecule has 0 atom stereocenters. The van der Waals surface area contributed by atoms with Crippen molar-refractivity contribution in [1.29, 1.82) is 0 Å². The Morgan fingerprint density at radius 1 is 1.47 bits per heavy atom. The fourth-order valence-electron chi connectivity index (χ4n) is 1.32. The molecule has 2 rings (SSSR count). The predicted octanol–water partition coefficient (Wildman–Crippen LogP) is 2.69. The first-order valence-corrected chi connectivity index (χ1v) is 5.36. The number of rotatable bonds is 3. The van der Waals surface area contributed by atoms with Crippen LogP contribution in [0.1, 0.15) is 5.56 Å². The Kier molecular flexibility index (Phi) is 2.87. The molecule has 0 aliphatic heterocycles. The van der Waals surface area contributed by atoms with Crippen LogP contribution in [0.15, 0.2) is 29.1 Å². The average molecular weight is 221 g/mol. The average Bonchev–Trinajstić information content (AvgIpc) is 2.74. The first kappa shape index (κ1) is 9.98. The number of halogens is 1. The molecule has 0 saturated carbocycles. The van der Waals surface area contributed by atoms with E-state index in [2.05, 4.69) is 4.98 Å². The van der Waals surface area contributed by atoms with Crippen LogP contribution in [0, 0.1) is 5.82 Å². The molecule has 1 aromatic carbocycles. The van der Waals surface area contributed by atoms with Crippen LogP contribution in [0.2, 0.25) is 0 Å². The van der Waals surface area contributed by atoms with E-state index in [4.69, 9.17) is 0 Å². The van der Waals surface area contributed by atoms with Crippen LogP contribution >= 0.6 is 11.3 Å². The van der Waals surface area contributed by atoms with Gasteiger partial charge in [0.25, 0.3) is 0 Å². The number of nitrogens with zero attached hydrogens (tertiary/aromatic N) is 1. The summed E-state index contributed by atoms with van der Waals surface area (Å²) in [6, 6.07) is 4.81. The molecule has 76 valence electrons. The topological polar surface area (TPSA) is 30.0 Å². The second kappa shape index (κ2) is 4.31. The molecule has 2 aromatic rings. The number of carbonyl (C=O) groups excluding carboxylic acids is 1. The van der Waals surface area contributed by atoms with E-state index in [0.29, 0.717) is 11.8 Å². The number of hydrogen-bond acceptors (Lipinski definition) is 3. The maximum absolute atomic E-state index is 13.4. The minimum Gasteiger partial charge on any atom is -0.303 e. The summed E-state index contributed by atoms with van der Waals surface area (Å²) < 4.78 is 13.4. The largest absolute Gasteiger partial charge is 0.303 e. The normalized spacial score (nSPS) is 10.2. The molecule has 0 aliphatic carbocycles. The lowest BCUT2D eigenvalue weighted by Gasteiger charge is -2.01. The molecule has 0 saturated heterocycles. The standard InChI is InChI=1S/C11H8FNOS/c12-10-5-9(11-6-15-7-13-11)2-1-8(10)3-4-14/h1-2,4-7H,3H2. The summed E-state index contributed by atoms with van der Waals surface area (Å²) >= 11 is 1.47. The molecule has 1 aromatic heterocycles. The highest BCUT2D eigenvalue weighted by atomic mass is 32.1. The predicted molar refractivity (Wildman–Crippen MR) is 57.3 cm³/mol. The van der Waals surface area contributed by atoms with Gasteiger partial charge < -0.3 is 4.79 Å². The van der Waals surface area contributed by atoms with E-state index in [-0.39, 0.29) is 12.2 Å². The molecule has 0 N–H and O–H groups in total. The smallest absolute Gasteiger partial charge is 0.127 e. The number of hydrogen-bond donors (Lipinski definition) is 0. The molecular formula is C11H8FNOS. The van der Waals surface area contributed by atoms with Crippen molar-refractivity contribution in [1.82, 2.24) is 4.98 Å². The Bertz CT molecular complexity index is 467. The molecule has 15 heavy (non-hydrogen) atoms. The van der Waals surface area contributed by atoms with Crippen molar-refractivity contribution in [2.75, 3.05) is 0 Å². The first-order valence-electron chi connectivity index (χ1n) is 4.42. The van der Waals surface area contributed by atoms with Gasteiger partial charge in [0, 0.05) is 17.4 Å².